The van der Waals surface area contributed by atoms with Crippen LogP contribution in [-0.2, 0) is 17.5 Å². The lowest BCUT2D eigenvalue weighted by Gasteiger charge is -2.31. The molecule has 3 aromatic rings. The van der Waals surface area contributed by atoms with Crippen molar-refractivity contribution < 1.29 is 31.5 Å². The van der Waals surface area contributed by atoms with Crippen molar-refractivity contribution in [2.24, 2.45) is 0 Å². The molecule has 0 atom stereocenters. The molecule has 0 radical (unpaired) electrons. The quantitative estimate of drug-likeness (QED) is 0.536. The first-order valence-corrected chi connectivity index (χ1v) is 10.2. The Balaban J connectivity index is 1.59. The van der Waals surface area contributed by atoms with Crippen LogP contribution in [0.3, 0.4) is 0 Å². The van der Waals surface area contributed by atoms with Crippen molar-refractivity contribution in [3.63, 3.8) is 0 Å². The Bertz CT molecular complexity index is 1110. The number of nitrogens with zero attached hydrogens (tertiary/aromatic N) is 6. The Morgan fingerprint density at radius 2 is 1.94 bits per heavy atom. The lowest BCUT2D eigenvalue weighted by molar-refractivity contribution is -0.156. The minimum Gasteiger partial charge on any atom is -0.413 e. The van der Waals surface area contributed by atoms with Crippen LogP contribution in [0.5, 0.6) is 0 Å². The number of carbonyl (C=O) groups excluding carboxylic acids is 1. The van der Waals surface area contributed by atoms with Crippen LogP contribution in [0.2, 0.25) is 0 Å². The highest BCUT2D eigenvalue weighted by atomic mass is 32.1. The third kappa shape index (κ3) is 4.70. The molecule has 2 aromatic heterocycles. The second kappa shape index (κ2) is 8.78. The number of anilines is 1. The predicted molar refractivity (Wildman–Crippen MR) is 103 cm³/mol. The lowest BCUT2D eigenvalue weighted by Crippen LogP contribution is -2.48. The van der Waals surface area contributed by atoms with Gasteiger partial charge in [-0.25, -0.2) is 9.18 Å². The van der Waals surface area contributed by atoms with Crippen molar-refractivity contribution in [2.45, 2.75) is 19.6 Å². The van der Waals surface area contributed by atoms with Gasteiger partial charge in [0.25, 0.3) is 0 Å². The summed E-state index contributed by atoms with van der Waals surface area (Å²) in [5.41, 5.74) is 0.103. The SMILES string of the molecule is Cc1nnc(N(Cc2ccc(-c3nnc(C(F)(F)F)o3)cc2F)C(=O)N2CCOCC2)s1. The molecule has 3 heterocycles. The van der Waals surface area contributed by atoms with E-state index in [0.717, 1.165) is 6.07 Å². The van der Waals surface area contributed by atoms with E-state index in [0.29, 0.717) is 36.4 Å². The van der Waals surface area contributed by atoms with Gasteiger partial charge in [0.2, 0.25) is 11.0 Å². The maximum Gasteiger partial charge on any atom is 0.470 e. The molecule has 0 unspecified atom stereocenters. The second-order valence-corrected chi connectivity index (χ2v) is 7.95. The summed E-state index contributed by atoms with van der Waals surface area (Å²) in [6.07, 6.45) is -4.80. The standard InChI is InChI=1S/C18H16F4N6O3S/c1-10-23-26-16(32-10)28(17(29)27-4-6-30-7-5-27)9-12-3-2-11(8-13(12)19)14-24-25-15(31-14)18(20,21)22/h2-3,8H,4-7,9H2,1H3. The zero-order valence-corrected chi connectivity index (χ0v) is 17.4. The van der Waals surface area contributed by atoms with Gasteiger partial charge in [-0.3, -0.25) is 4.90 Å². The highest BCUT2D eigenvalue weighted by Gasteiger charge is 2.38. The molecule has 2 amide bonds. The Morgan fingerprint density at radius 3 is 2.53 bits per heavy atom. The highest BCUT2D eigenvalue weighted by Crippen LogP contribution is 2.31. The van der Waals surface area contributed by atoms with Gasteiger partial charge >= 0.3 is 18.1 Å². The number of carbonyl (C=O) groups is 1. The van der Waals surface area contributed by atoms with Crippen molar-refractivity contribution in [1.82, 2.24) is 25.3 Å². The number of halogens is 4. The number of urea groups is 1. The number of benzene rings is 1. The van der Waals surface area contributed by atoms with Crippen LogP contribution >= 0.6 is 11.3 Å². The number of amides is 2. The van der Waals surface area contributed by atoms with E-state index in [9.17, 15) is 22.4 Å². The van der Waals surface area contributed by atoms with Gasteiger partial charge in [-0.1, -0.05) is 17.4 Å². The molecule has 1 aliphatic rings. The van der Waals surface area contributed by atoms with Gasteiger partial charge in [0, 0.05) is 24.2 Å². The van der Waals surface area contributed by atoms with E-state index in [4.69, 9.17) is 4.74 Å². The van der Waals surface area contributed by atoms with E-state index < -0.39 is 23.8 Å². The van der Waals surface area contributed by atoms with Crippen molar-refractivity contribution >= 4 is 22.5 Å². The van der Waals surface area contributed by atoms with Crippen molar-refractivity contribution in [3.05, 3.63) is 40.5 Å². The number of hydrogen-bond acceptors (Lipinski definition) is 8. The van der Waals surface area contributed by atoms with Gasteiger partial charge in [-0.2, -0.15) is 13.2 Å². The van der Waals surface area contributed by atoms with Crippen LogP contribution in [0, 0.1) is 12.7 Å². The molecule has 14 heteroatoms. The van der Waals surface area contributed by atoms with E-state index in [1.807, 2.05) is 0 Å². The summed E-state index contributed by atoms with van der Waals surface area (Å²) in [5, 5.41) is 15.1. The molecule has 0 bridgehead atoms. The third-order valence-electron chi connectivity index (χ3n) is 4.55. The van der Waals surface area contributed by atoms with Gasteiger partial charge in [0.05, 0.1) is 19.8 Å². The summed E-state index contributed by atoms with van der Waals surface area (Å²) in [4.78, 5) is 16.0. The Morgan fingerprint density at radius 1 is 1.19 bits per heavy atom. The summed E-state index contributed by atoms with van der Waals surface area (Å²) in [5.74, 6) is -2.75. The average Bonchev–Trinajstić information content (AvgIpc) is 3.42. The zero-order valence-electron chi connectivity index (χ0n) is 16.6. The smallest absolute Gasteiger partial charge is 0.413 e. The largest absolute Gasteiger partial charge is 0.470 e. The summed E-state index contributed by atoms with van der Waals surface area (Å²) < 4.78 is 62.7. The molecule has 1 aliphatic heterocycles. The number of alkyl halides is 3. The number of ether oxygens (including phenoxy) is 1. The molecular formula is C18H16F4N6O3S. The second-order valence-electron chi connectivity index (χ2n) is 6.79. The summed E-state index contributed by atoms with van der Waals surface area (Å²) in [6.45, 7) is 3.12. The maximum absolute atomic E-state index is 14.8. The van der Waals surface area contributed by atoms with E-state index in [1.165, 1.54) is 28.4 Å². The first kappa shape index (κ1) is 22.1. The molecule has 0 N–H and O–H groups in total. The molecule has 0 spiro atoms. The molecule has 170 valence electrons. The molecule has 9 nitrogen and oxygen atoms in total. The van der Waals surface area contributed by atoms with Gasteiger partial charge in [-0.15, -0.1) is 20.4 Å². The number of aromatic nitrogens is 4. The fraction of sp³-hybridized carbons (Fsp3) is 0.389. The monoisotopic (exact) mass is 472 g/mol. The van der Waals surface area contributed by atoms with Crippen molar-refractivity contribution in [1.29, 1.82) is 0 Å². The van der Waals surface area contributed by atoms with E-state index in [1.54, 1.807) is 11.8 Å². The zero-order chi connectivity index (χ0) is 22.9. The molecule has 1 fully saturated rings. The van der Waals surface area contributed by atoms with Gasteiger partial charge < -0.3 is 14.1 Å². The summed E-state index contributed by atoms with van der Waals surface area (Å²) in [6, 6.07) is 3.29. The fourth-order valence-electron chi connectivity index (χ4n) is 2.97. The van der Waals surface area contributed by atoms with Crippen LogP contribution < -0.4 is 4.90 Å². The topological polar surface area (TPSA) is 97.5 Å². The van der Waals surface area contributed by atoms with E-state index >= 15 is 0 Å². The molecular weight excluding hydrogens is 456 g/mol. The number of morpholine rings is 1. The predicted octanol–water partition coefficient (Wildman–Crippen LogP) is 3.51. The van der Waals surface area contributed by atoms with Crippen LogP contribution in [0.15, 0.2) is 22.6 Å². The molecule has 0 saturated carbocycles. The van der Waals surface area contributed by atoms with Crippen LogP contribution in [0.4, 0.5) is 27.5 Å². The maximum atomic E-state index is 14.8. The molecule has 0 aliphatic carbocycles. The number of hydrogen-bond donors (Lipinski definition) is 0. The summed E-state index contributed by atoms with van der Waals surface area (Å²) >= 11 is 1.18. The average molecular weight is 472 g/mol. The van der Waals surface area contributed by atoms with Gasteiger partial charge in [-0.05, 0) is 19.1 Å². The molecule has 1 aromatic carbocycles. The first-order valence-electron chi connectivity index (χ1n) is 9.36. The summed E-state index contributed by atoms with van der Waals surface area (Å²) in [7, 11) is 0. The fourth-order valence-corrected chi connectivity index (χ4v) is 3.65. The highest BCUT2D eigenvalue weighted by molar-refractivity contribution is 7.15. The minimum absolute atomic E-state index is 0.0212. The normalized spacial score (nSPS) is 14.6. The molecule has 4 rings (SSSR count). The molecule has 32 heavy (non-hydrogen) atoms. The van der Waals surface area contributed by atoms with Crippen LogP contribution in [0.25, 0.3) is 11.5 Å². The Hall–Kier alpha value is -3.13. The van der Waals surface area contributed by atoms with Crippen LogP contribution in [0.1, 0.15) is 16.5 Å². The van der Waals surface area contributed by atoms with Crippen LogP contribution in [-0.4, -0.2) is 57.6 Å². The van der Waals surface area contributed by atoms with E-state index in [-0.39, 0.29) is 23.7 Å². The van der Waals surface area contributed by atoms with Gasteiger partial charge in [0.15, 0.2) is 0 Å². The third-order valence-corrected chi connectivity index (χ3v) is 5.42. The minimum atomic E-state index is -4.80. The Labute approximate surface area is 182 Å². The number of rotatable bonds is 4. The van der Waals surface area contributed by atoms with E-state index in [2.05, 4.69) is 24.8 Å². The number of aryl methyl sites for hydroxylation is 1. The first-order chi connectivity index (χ1) is 15.2. The lowest BCUT2D eigenvalue weighted by atomic mass is 10.1. The molecule has 1 saturated heterocycles. The van der Waals surface area contributed by atoms with Gasteiger partial charge in [0.1, 0.15) is 10.8 Å². The van der Waals surface area contributed by atoms with Crippen molar-refractivity contribution in [2.75, 3.05) is 31.2 Å². The van der Waals surface area contributed by atoms with Crippen molar-refractivity contribution in [3.8, 4) is 11.5 Å². The Kier molecular flexibility index (Phi) is 6.06.